The first-order valence-corrected chi connectivity index (χ1v) is 9.26. The van der Waals surface area contributed by atoms with Crippen LogP contribution in [-0.2, 0) is 4.79 Å². The van der Waals surface area contributed by atoms with E-state index >= 15 is 0 Å². The van der Waals surface area contributed by atoms with Gasteiger partial charge < -0.3 is 4.74 Å². The molecule has 0 atom stereocenters. The summed E-state index contributed by atoms with van der Waals surface area (Å²) in [6.45, 7) is 3.99. The first kappa shape index (κ1) is 16.9. The highest BCUT2D eigenvalue weighted by Crippen LogP contribution is 2.35. The van der Waals surface area contributed by atoms with Crippen LogP contribution in [0.1, 0.15) is 54.2 Å². The van der Waals surface area contributed by atoms with Gasteiger partial charge in [0.1, 0.15) is 10.8 Å². The molecule has 1 N–H and O–H groups in total. The highest BCUT2D eigenvalue weighted by Gasteiger charge is 2.20. The number of aryl methyl sites for hydroxylation is 2. The van der Waals surface area contributed by atoms with Crippen LogP contribution in [0.4, 0.5) is 5.13 Å². The minimum Gasteiger partial charge on any atom is -0.484 e. The summed E-state index contributed by atoms with van der Waals surface area (Å²) in [7, 11) is 0. The number of amides is 1. The quantitative estimate of drug-likeness (QED) is 0.881. The van der Waals surface area contributed by atoms with Gasteiger partial charge in [0.25, 0.3) is 5.91 Å². The van der Waals surface area contributed by atoms with Crippen molar-refractivity contribution in [3.63, 3.8) is 0 Å². The second-order valence-electron chi connectivity index (χ2n) is 6.44. The van der Waals surface area contributed by atoms with Crippen molar-refractivity contribution in [1.82, 2.24) is 10.2 Å². The number of ether oxygens (including phenoxy) is 1. The summed E-state index contributed by atoms with van der Waals surface area (Å²) in [5, 5.41) is 12.7. The van der Waals surface area contributed by atoms with E-state index in [1.165, 1.54) is 43.4 Å². The molecule has 128 valence electrons. The Bertz CT molecular complexity index is 688. The summed E-state index contributed by atoms with van der Waals surface area (Å²) in [5.74, 6) is 1.01. The second-order valence-corrected chi connectivity index (χ2v) is 7.45. The highest BCUT2D eigenvalue weighted by atomic mass is 32.1. The molecule has 0 aliphatic heterocycles. The van der Waals surface area contributed by atoms with Crippen molar-refractivity contribution in [3.05, 3.63) is 34.3 Å². The molecule has 1 aliphatic rings. The molecule has 0 unspecified atom stereocenters. The van der Waals surface area contributed by atoms with E-state index in [0.29, 0.717) is 16.8 Å². The molecule has 1 aromatic heterocycles. The van der Waals surface area contributed by atoms with Gasteiger partial charge in [0.15, 0.2) is 6.61 Å². The number of aromatic nitrogens is 2. The Morgan fingerprint density at radius 3 is 2.58 bits per heavy atom. The Morgan fingerprint density at radius 2 is 1.88 bits per heavy atom. The Morgan fingerprint density at radius 1 is 1.17 bits per heavy atom. The number of benzene rings is 1. The predicted octanol–water partition coefficient (Wildman–Crippen LogP) is 4.22. The molecule has 2 aromatic rings. The fourth-order valence-corrected chi connectivity index (χ4v) is 4.05. The average Bonchev–Trinajstić information content (AvgIpc) is 3.01. The number of carbonyl (C=O) groups excluding carboxylic acids is 1. The zero-order chi connectivity index (χ0) is 16.9. The number of anilines is 1. The molecule has 1 heterocycles. The van der Waals surface area contributed by atoms with Crippen molar-refractivity contribution < 1.29 is 9.53 Å². The van der Waals surface area contributed by atoms with E-state index in [2.05, 4.69) is 21.6 Å². The molecular weight excluding hydrogens is 322 g/mol. The van der Waals surface area contributed by atoms with E-state index in [0.717, 1.165) is 16.1 Å². The van der Waals surface area contributed by atoms with Crippen LogP contribution < -0.4 is 10.1 Å². The summed E-state index contributed by atoms with van der Waals surface area (Å²) >= 11 is 1.48. The monoisotopic (exact) mass is 345 g/mol. The normalized spacial score (nSPS) is 15.2. The molecule has 24 heavy (non-hydrogen) atoms. The van der Waals surface area contributed by atoms with E-state index in [4.69, 9.17) is 4.74 Å². The SMILES string of the molecule is Cc1cc(C)cc(OCC(=O)Nc2nnc(C3CCCCC3)s2)c1. The van der Waals surface area contributed by atoms with Gasteiger partial charge in [0.2, 0.25) is 5.13 Å². The highest BCUT2D eigenvalue weighted by molar-refractivity contribution is 7.15. The summed E-state index contributed by atoms with van der Waals surface area (Å²) < 4.78 is 5.57. The third-order valence-corrected chi connectivity index (χ3v) is 5.21. The van der Waals surface area contributed by atoms with Gasteiger partial charge >= 0.3 is 0 Å². The van der Waals surface area contributed by atoms with Gasteiger partial charge in [-0.25, -0.2) is 0 Å². The molecule has 1 aliphatic carbocycles. The van der Waals surface area contributed by atoms with Gasteiger partial charge in [0.05, 0.1) is 0 Å². The van der Waals surface area contributed by atoms with Gasteiger partial charge in [-0.2, -0.15) is 0 Å². The molecular formula is C18H23N3O2S. The summed E-state index contributed by atoms with van der Waals surface area (Å²) in [4.78, 5) is 12.0. The lowest BCUT2D eigenvalue weighted by Gasteiger charge is -2.18. The number of rotatable bonds is 5. The molecule has 6 heteroatoms. The minimum absolute atomic E-state index is 0.0266. The molecule has 5 nitrogen and oxygen atoms in total. The molecule has 0 radical (unpaired) electrons. The molecule has 0 bridgehead atoms. The smallest absolute Gasteiger partial charge is 0.264 e. The maximum absolute atomic E-state index is 12.0. The maximum Gasteiger partial charge on any atom is 0.264 e. The van der Waals surface area contributed by atoms with E-state index < -0.39 is 0 Å². The van der Waals surface area contributed by atoms with E-state index in [1.807, 2.05) is 26.0 Å². The zero-order valence-electron chi connectivity index (χ0n) is 14.2. The van der Waals surface area contributed by atoms with Gasteiger partial charge in [-0.1, -0.05) is 36.7 Å². The van der Waals surface area contributed by atoms with E-state index in [-0.39, 0.29) is 12.5 Å². The molecule has 0 saturated heterocycles. The molecule has 3 rings (SSSR count). The summed E-state index contributed by atoms with van der Waals surface area (Å²) in [5.41, 5.74) is 2.23. The predicted molar refractivity (Wildman–Crippen MR) is 95.8 cm³/mol. The number of hydrogen-bond acceptors (Lipinski definition) is 5. The van der Waals surface area contributed by atoms with Crippen LogP contribution in [0.5, 0.6) is 5.75 Å². The first-order chi connectivity index (χ1) is 11.6. The van der Waals surface area contributed by atoms with Crippen LogP contribution in [0, 0.1) is 13.8 Å². The van der Waals surface area contributed by atoms with Gasteiger partial charge in [-0.3, -0.25) is 10.1 Å². The Balaban J connectivity index is 1.52. The van der Waals surface area contributed by atoms with E-state index in [1.54, 1.807) is 0 Å². The lowest BCUT2D eigenvalue weighted by Crippen LogP contribution is -2.20. The Labute approximate surface area is 146 Å². The van der Waals surface area contributed by atoms with Gasteiger partial charge in [0, 0.05) is 5.92 Å². The lowest BCUT2D eigenvalue weighted by molar-refractivity contribution is -0.118. The van der Waals surface area contributed by atoms with Crippen molar-refractivity contribution in [1.29, 1.82) is 0 Å². The third kappa shape index (κ3) is 4.54. The molecule has 0 spiro atoms. The van der Waals surface area contributed by atoms with Gasteiger partial charge in [-0.15, -0.1) is 10.2 Å². The van der Waals surface area contributed by atoms with Crippen molar-refractivity contribution in [2.24, 2.45) is 0 Å². The third-order valence-electron chi connectivity index (χ3n) is 4.21. The minimum atomic E-state index is -0.208. The summed E-state index contributed by atoms with van der Waals surface area (Å²) in [6.07, 6.45) is 6.19. The maximum atomic E-state index is 12.0. The Kier molecular flexibility index (Phi) is 5.45. The lowest BCUT2D eigenvalue weighted by atomic mass is 9.90. The molecule has 1 fully saturated rings. The molecule has 1 amide bonds. The van der Waals surface area contributed by atoms with Gasteiger partial charge in [-0.05, 0) is 49.9 Å². The van der Waals surface area contributed by atoms with Crippen molar-refractivity contribution in [2.75, 3.05) is 11.9 Å². The van der Waals surface area contributed by atoms with Crippen molar-refractivity contribution in [3.8, 4) is 5.75 Å². The Hall–Kier alpha value is -1.95. The zero-order valence-corrected chi connectivity index (χ0v) is 15.0. The van der Waals surface area contributed by atoms with Crippen LogP contribution in [0.15, 0.2) is 18.2 Å². The van der Waals surface area contributed by atoms with Crippen LogP contribution in [-0.4, -0.2) is 22.7 Å². The van der Waals surface area contributed by atoms with Crippen LogP contribution in [0.25, 0.3) is 0 Å². The fourth-order valence-electron chi connectivity index (χ4n) is 3.12. The number of hydrogen-bond donors (Lipinski definition) is 1. The van der Waals surface area contributed by atoms with Crippen LogP contribution in [0.3, 0.4) is 0 Å². The number of nitrogens with one attached hydrogen (secondary N) is 1. The van der Waals surface area contributed by atoms with Crippen molar-refractivity contribution >= 4 is 22.4 Å². The van der Waals surface area contributed by atoms with Crippen LogP contribution in [0.2, 0.25) is 0 Å². The number of carbonyl (C=O) groups is 1. The largest absolute Gasteiger partial charge is 0.484 e. The van der Waals surface area contributed by atoms with Crippen LogP contribution >= 0.6 is 11.3 Å². The molecule has 1 saturated carbocycles. The molecule has 1 aromatic carbocycles. The second kappa shape index (κ2) is 7.75. The van der Waals surface area contributed by atoms with E-state index in [9.17, 15) is 4.79 Å². The topological polar surface area (TPSA) is 64.1 Å². The fraction of sp³-hybridized carbons (Fsp3) is 0.500. The number of nitrogens with zero attached hydrogens (tertiary/aromatic N) is 2. The average molecular weight is 345 g/mol. The first-order valence-electron chi connectivity index (χ1n) is 8.44. The summed E-state index contributed by atoms with van der Waals surface area (Å²) in [6, 6.07) is 5.92. The standard InChI is InChI=1S/C18H23N3O2S/c1-12-8-13(2)10-15(9-12)23-11-16(22)19-18-21-20-17(24-18)14-6-4-3-5-7-14/h8-10,14H,3-7,11H2,1-2H3,(H,19,21,22). The van der Waals surface area contributed by atoms with Crippen molar-refractivity contribution in [2.45, 2.75) is 51.9 Å².